The molecule has 1 aliphatic rings. The van der Waals surface area contributed by atoms with Gasteiger partial charge in [0.25, 0.3) is 0 Å². The van der Waals surface area contributed by atoms with Gasteiger partial charge in [0.2, 0.25) is 0 Å². The van der Waals surface area contributed by atoms with Crippen LogP contribution >= 0.6 is 0 Å². The number of benzene rings is 1. The van der Waals surface area contributed by atoms with Crippen LogP contribution in [-0.4, -0.2) is 43.9 Å². The highest BCUT2D eigenvalue weighted by molar-refractivity contribution is 6.62. The molecule has 110 valence electrons. The van der Waals surface area contributed by atoms with Crippen LogP contribution in [0.25, 0.3) is 0 Å². The highest BCUT2D eigenvalue weighted by atomic mass is 16.7. The Morgan fingerprint density at radius 3 is 2.20 bits per heavy atom. The SMILES string of the molecule is CN(C)CCc1cccc(B2OC(C)(C)C(C)(C)O2)c1. The molecule has 1 aromatic rings. The molecule has 2 rings (SSSR count). The lowest BCUT2D eigenvalue weighted by atomic mass is 9.78. The zero-order valence-corrected chi connectivity index (χ0v) is 13.6. The van der Waals surface area contributed by atoms with E-state index in [2.05, 4.69) is 71.0 Å². The van der Waals surface area contributed by atoms with Crippen molar-refractivity contribution in [2.24, 2.45) is 0 Å². The molecule has 3 nitrogen and oxygen atoms in total. The highest BCUT2D eigenvalue weighted by Crippen LogP contribution is 2.36. The lowest BCUT2D eigenvalue weighted by Crippen LogP contribution is -2.41. The molecule has 1 fully saturated rings. The van der Waals surface area contributed by atoms with Gasteiger partial charge in [0, 0.05) is 6.54 Å². The number of nitrogens with zero attached hydrogens (tertiary/aromatic N) is 1. The van der Waals surface area contributed by atoms with Gasteiger partial charge in [-0.3, -0.25) is 0 Å². The van der Waals surface area contributed by atoms with Crippen molar-refractivity contribution in [3.05, 3.63) is 29.8 Å². The summed E-state index contributed by atoms with van der Waals surface area (Å²) >= 11 is 0. The second-order valence-corrected chi connectivity index (χ2v) is 6.89. The number of likely N-dealkylation sites (N-methyl/N-ethyl adjacent to an activating group) is 1. The molecule has 0 radical (unpaired) electrons. The monoisotopic (exact) mass is 275 g/mol. The average Bonchev–Trinajstić information content (AvgIpc) is 2.56. The van der Waals surface area contributed by atoms with Crippen molar-refractivity contribution >= 4 is 12.6 Å². The minimum Gasteiger partial charge on any atom is -0.399 e. The topological polar surface area (TPSA) is 21.7 Å². The Kier molecular flexibility index (Phi) is 4.28. The van der Waals surface area contributed by atoms with Gasteiger partial charge in [-0.1, -0.05) is 24.3 Å². The first-order chi connectivity index (χ1) is 9.21. The quantitative estimate of drug-likeness (QED) is 0.785. The van der Waals surface area contributed by atoms with E-state index in [-0.39, 0.29) is 18.3 Å². The van der Waals surface area contributed by atoms with Gasteiger partial charge in [-0.25, -0.2) is 0 Å². The van der Waals surface area contributed by atoms with Crippen LogP contribution in [0.4, 0.5) is 0 Å². The van der Waals surface area contributed by atoms with E-state index >= 15 is 0 Å². The molecular weight excluding hydrogens is 249 g/mol. The standard InChI is InChI=1S/C16H26BNO2/c1-15(2)16(3,4)20-17(19-15)14-9-7-8-13(12-14)10-11-18(5)6/h7-9,12H,10-11H2,1-6H3. The predicted octanol–water partition coefficient (Wildman–Crippen LogP) is 2.09. The first kappa shape index (κ1) is 15.6. The van der Waals surface area contributed by atoms with Gasteiger partial charge < -0.3 is 14.2 Å². The van der Waals surface area contributed by atoms with Crippen molar-refractivity contribution in [2.75, 3.05) is 20.6 Å². The third-order valence-corrected chi connectivity index (χ3v) is 4.32. The van der Waals surface area contributed by atoms with Crippen molar-refractivity contribution in [3.8, 4) is 0 Å². The van der Waals surface area contributed by atoms with Crippen molar-refractivity contribution in [3.63, 3.8) is 0 Å². The van der Waals surface area contributed by atoms with E-state index in [0.29, 0.717) is 0 Å². The number of hydrogen-bond donors (Lipinski definition) is 0. The predicted molar refractivity (Wildman–Crippen MR) is 84.4 cm³/mol. The van der Waals surface area contributed by atoms with Crippen LogP contribution in [-0.2, 0) is 15.7 Å². The van der Waals surface area contributed by atoms with Gasteiger partial charge in [-0.15, -0.1) is 0 Å². The maximum Gasteiger partial charge on any atom is 0.494 e. The van der Waals surface area contributed by atoms with Crippen molar-refractivity contribution in [1.82, 2.24) is 4.90 Å². The smallest absolute Gasteiger partial charge is 0.399 e. The normalized spacial score (nSPS) is 20.6. The Morgan fingerprint density at radius 1 is 1.05 bits per heavy atom. The van der Waals surface area contributed by atoms with Gasteiger partial charge >= 0.3 is 7.12 Å². The van der Waals surface area contributed by atoms with Crippen LogP contribution in [0.2, 0.25) is 0 Å². The Bertz CT molecular complexity index is 455. The molecule has 0 amide bonds. The first-order valence-electron chi connectivity index (χ1n) is 7.30. The highest BCUT2D eigenvalue weighted by Gasteiger charge is 2.51. The molecule has 1 saturated heterocycles. The Labute approximate surface area is 123 Å². The summed E-state index contributed by atoms with van der Waals surface area (Å²) in [5.41, 5.74) is 1.88. The fourth-order valence-corrected chi connectivity index (χ4v) is 2.23. The summed E-state index contributed by atoms with van der Waals surface area (Å²) in [4.78, 5) is 2.20. The zero-order valence-electron chi connectivity index (χ0n) is 13.6. The zero-order chi connectivity index (χ0) is 15.0. The number of hydrogen-bond acceptors (Lipinski definition) is 3. The molecule has 0 N–H and O–H groups in total. The molecule has 1 aliphatic heterocycles. The van der Waals surface area contributed by atoms with E-state index in [0.717, 1.165) is 18.4 Å². The Hall–Kier alpha value is -0.835. The largest absolute Gasteiger partial charge is 0.494 e. The first-order valence-corrected chi connectivity index (χ1v) is 7.30. The molecule has 0 bridgehead atoms. The van der Waals surface area contributed by atoms with E-state index in [9.17, 15) is 0 Å². The molecule has 0 atom stereocenters. The second kappa shape index (κ2) is 5.51. The summed E-state index contributed by atoms with van der Waals surface area (Å²) in [6, 6.07) is 8.54. The van der Waals surface area contributed by atoms with E-state index in [4.69, 9.17) is 9.31 Å². The van der Waals surface area contributed by atoms with Gasteiger partial charge in [0.1, 0.15) is 0 Å². The van der Waals surface area contributed by atoms with E-state index < -0.39 is 0 Å². The minimum absolute atomic E-state index is 0.265. The summed E-state index contributed by atoms with van der Waals surface area (Å²) in [5, 5.41) is 0. The molecule has 4 heteroatoms. The third kappa shape index (κ3) is 3.25. The molecule has 1 aromatic carbocycles. The lowest BCUT2D eigenvalue weighted by molar-refractivity contribution is 0.00578. The van der Waals surface area contributed by atoms with Gasteiger partial charge in [0.05, 0.1) is 11.2 Å². The second-order valence-electron chi connectivity index (χ2n) is 6.89. The van der Waals surface area contributed by atoms with Gasteiger partial charge in [0.15, 0.2) is 0 Å². The molecule has 0 unspecified atom stereocenters. The van der Waals surface area contributed by atoms with E-state index in [1.807, 2.05) is 0 Å². The minimum atomic E-state index is -0.280. The van der Waals surface area contributed by atoms with E-state index in [1.165, 1.54) is 5.56 Å². The van der Waals surface area contributed by atoms with Crippen LogP contribution < -0.4 is 5.46 Å². The molecule has 20 heavy (non-hydrogen) atoms. The maximum absolute atomic E-state index is 6.10. The summed E-state index contributed by atoms with van der Waals surface area (Å²) < 4.78 is 12.2. The van der Waals surface area contributed by atoms with Crippen LogP contribution in [0, 0.1) is 0 Å². The maximum atomic E-state index is 6.10. The third-order valence-electron chi connectivity index (χ3n) is 4.32. The van der Waals surface area contributed by atoms with E-state index in [1.54, 1.807) is 0 Å². The van der Waals surface area contributed by atoms with Crippen LogP contribution in [0.1, 0.15) is 33.3 Å². The van der Waals surface area contributed by atoms with Gasteiger partial charge in [-0.05, 0) is 59.2 Å². The molecular formula is C16H26BNO2. The lowest BCUT2D eigenvalue weighted by Gasteiger charge is -2.32. The number of rotatable bonds is 4. The van der Waals surface area contributed by atoms with Crippen molar-refractivity contribution < 1.29 is 9.31 Å². The fraction of sp³-hybridized carbons (Fsp3) is 0.625. The Morgan fingerprint density at radius 2 is 1.65 bits per heavy atom. The summed E-state index contributed by atoms with van der Waals surface area (Å²) in [6.45, 7) is 9.39. The molecule has 0 saturated carbocycles. The van der Waals surface area contributed by atoms with Gasteiger partial charge in [-0.2, -0.15) is 0 Å². The van der Waals surface area contributed by atoms with Crippen LogP contribution in [0.15, 0.2) is 24.3 Å². The van der Waals surface area contributed by atoms with Crippen LogP contribution in [0.5, 0.6) is 0 Å². The Balaban J connectivity index is 2.12. The van der Waals surface area contributed by atoms with Crippen LogP contribution in [0.3, 0.4) is 0 Å². The summed E-state index contributed by atoms with van der Waals surface area (Å²) in [5.74, 6) is 0. The average molecular weight is 275 g/mol. The summed E-state index contributed by atoms with van der Waals surface area (Å²) in [6.07, 6.45) is 1.04. The molecule has 0 spiro atoms. The van der Waals surface area contributed by atoms with Crippen molar-refractivity contribution in [1.29, 1.82) is 0 Å². The molecule has 1 heterocycles. The molecule has 0 aromatic heterocycles. The summed E-state index contributed by atoms with van der Waals surface area (Å²) in [7, 11) is 3.93. The van der Waals surface area contributed by atoms with Crippen molar-refractivity contribution in [2.45, 2.75) is 45.3 Å². The fourth-order valence-electron chi connectivity index (χ4n) is 2.23. The molecule has 0 aliphatic carbocycles.